The zero-order chi connectivity index (χ0) is 7.84. The van der Waals surface area contributed by atoms with E-state index in [2.05, 4.69) is 17.8 Å². The summed E-state index contributed by atoms with van der Waals surface area (Å²) >= 11 is 4.20. The van der Waals surface area contributed by atoms with E-state index in [4.69, 9.17) is 0 Å². The van der Waals surface area contributed by atoms with E-state index in [-0.39, 0.29) is 0 Å². The number of hydrogen-bond donors (Lipinski definition) is 1. The highest BCUT2D eigenvalue weighted by Gasteiger charge is 2.00. The van der Waals surface area contributed by atoms with Gasteiger partial charge in [0.25, 0.3) is 0 Å². The van der Waals surface area contributed by atoms with Crippen LogP contribution in [-0.2, 0) is 0 Å². The van der Waals surface area contributed by atoms with Crippen LogP contribution in [0.4, 0.5) is 0 Å². The van der Waals surface area contributed by atoms with E-state index >= 15 is 0 Å². The SMILES string of the molecule is Cc1cccc2c1ncn2S. The fourth-order valence-corrected chi connectivity index (χ4v) is 1.38. The van der Waals surface area contributed by atoms with Crippen LogP contribution in [0.5, 0.6) is 0 Å². The Hall–Kier alpha value is -0.960. The Kier molecular flexibility index (Phi) is 1.39. The van der Waals surface area contributed by atoms with Crippen molar-refractivity contribution < 1.29 is 0 Å². The third kappa shape index (κ3) is 0.922. The van der Waals surface area contributed by atoms with Gasteiger partial charge in [0.1, 0.15) is 6.33 Å². The molecular formula is C8H8N2S. The molecule has 1 heterocycles. The summed E-state index contributed by atoms with van der Waals surface area (Å²) in [6.45, 7) is 2.04. The predicted molar refractivity (Wildman–Crippen MR) is 48.9 cm³/mol. The average molecular weight is 164 g/mol. The third-order valence-electron chi connectivity index (χ3n) is 1.76. The molecule has 0 spiro atoms. The van der Waals surface area contributed by atoms with Gasteiger partial charge in [-0.15, -0.1) is 0 Å². The largest absolute Gasteiger partial charge is 0.275 e. The summed E-state index contributed by atoms with van der Waals surface area (Å²) in [6.07, 6.45) is 1.71. The van der Waals surface area contributed by atoms with Gasteiger partial charge in [-0.1, -0.05) is 24.9 Å². The molecule has 2 nitrogen and oxygen atoms in total. The zero-order valence-electron chi connectivity index (χ0n) is 6.15. The van der Waals surface area contributed by atoms with Crippen molar-refractivity contribution in [3.8, 4) is 0 Å². The number of hydrogen-bond acceptors (Lipinski definition) is 2. The molecule has 3 heteroatoms. The first-order valence-corrected chi connectivity index (χ1v) is 3.81. The normalized spacial score (nSPS) is 10.7. The van der Waals surface area contributed by atoms with Crippen LogP contribution in [0.2, 0.25) is 0 Å². The first kappa shape index (κ1) is 6.73. The Morgan fingerprint density at radius 1 is 1.45 bits per heavy atom. The number of fused-ring (bicyclic) bond motifs is 1. The highest BCUT2D eigenvalue weighted by Crippen LogP contribution is 2.16. The monoisotopic (exact) mass is 164 g/mol. The van der Waals surface area contributed by atoms with Crippen molar-refractivity contribution in [1.82, 2.24) is 8.96 Å². The van der Waals surface area contributed by atoms with Gasteiger partial charge in [-0.2, -0.15) is 0 Å². The van der Waals surface area contributed by atoms with Gasteiger partial charge in [0, 0.05) is 0 Å². The molecule has 0 aliphatic heterocycles. The van der Waals surface area contributed by atoms with Crippen molar-refractivity contribution >= 4 is 23.8 Å². The molecule has 0 aliphatic carbocycles. The molecule has 0 radical (unpaired) electrons. The number of nitrogens with zero attached hydrogens (tertiary/aromatic N) is 2. The van der Waals surface area contributed by atoms with Crippen molar-refractivity contribution in [2.24, 2.45) is 0 Å². The summed E-state index contributed by atoms with van der Waals surface area (Å²) < 4.78 is 1.72. The summed E-state index contributed by atoms with van der Waals surface area (Å²) in [5, 5.41) is 0. The van der Waals surface area contributed by atoms with Gasteiger partial charge >= 0.3 is 0 Å². The van der Waals surface area contributed by atoms with Gasteiger partial charge in [0.2, 0.25) is 0 Å². The lowest BCUT2D eigenvalue weighted by atomic mass is 10.2. The second kappa shape index (κ2) is 2.27. The average Bonchev–Trinajstić information content (AvgIpc) is 2.35. The van der Waals surface area contributed by atoms with E-state index in [1.54, 1.807) is 10.3 Å². The van der Waals surface area contributed by atoms with Crippen molar-refractivity contribution in [2.75, 3.05) is 0 Å². The first-order valence-electron chi connectivity index (χ1n) is 3.41. The van der Waals surface area contributed by atoms with Crippen LogP contribution in [0.25, 0.3) is 11.0 Å². The minimum Gasteiger partial charge on any atom is -0.275 e. The molecule has 0 saturated carbocycles. The van der Waals surface area contributed by atoms with Gasteiger partial charge in [-0.25, -0.2) is 4.98 Å². The highest BCUT2D eigenvalue weighted by atomic mass is 32.1. The summed E-state index contributed by atoms with van der Waals surface area (Å²) in [4.78, 5) is 4.20. The number of benzene rings is 1. The van der Waals surface area contributed by atoms with E-state index in [1.165, 1.54) is 5.56 Å². The number of imidazole rings is 1. The Bertz CT molecular complexity index is 392. The number of rotatable bonds is 0. The Morgan fingerprint density at radius 2 is 2.27 bits per heavy atom. The van der Waals surface area contributed by atoms with Crippen LogP contribution in [-0.4, -0.2) is 8.96 Å². The van der Waals surface area contributed by atoms with E-state index < -0.39 is 0 Å². The molecule has 2 aromatic rings. The van der Waals surface area contributed by atoms with Crippen molar-refractivity contribution in [2.45, 2.75) is 6.92 Å². The summed E-state index contributed by atoms with van der Waals surface area (Å²) in [7, 11) is 0. The third-order valence-corrected chi connectivity index (χ3v) is 2.08. The van der Waals surface area contributed by atoms with Crippen LogP contribution in [0.15, 0.2) is 24.5 Å². The molecule has 0 bridgehead atoms. The summed E-state index contributed by atoms with van der Waals surface area (Å²) in [5.74, 6) is 0. The van der Waals surface area contributed by atoms with Crippen molar-refractivity contribution in [1.29, 1.82) is 0 Å². The van der Waals surface area contributed by atoms with Crippen LogP contribution in [0.3, 0.4) is 0 Å². The molecule has 11 heavy (non-hydrogen) atoms. The minimum absolute atomic E-state index is 1.03. The molecule has 2 rings (SSSR count). The molecule has 0 atom stereocenters. The Morgan fingerprint density at radius 3 is 3.00 bits per heavy atom. The molecule has 0 saturated heterocycles. The molecule has 1 aromatic heterocycles. The van der Waals surface area contributed by atoms with Gasteiger partial charge in [0.15, 0.2) is 0 Å². The van der Waals surface area contributed by atoms with Crippen LogP contribution >= 0.6 is 12.8 Å². The maximum atomic E-state index is 4.20. The molecular weight excluding hydrogens is 156 g/mol. The van der Waals surface area contributed by atoms with E-state index in [1.807, 2.05) is 25.1 Å². The number of aryl methyl sites for hydroxylation is 1. The molecule has 0 N–H and O–H groups in total. The summed E-state index contributed by atoms with van der Waals surface area (Å²) in [5.41, 5.74) is 3.28. The van der Waals surface area contributed by atoms with Gasteiger partial charge in [0.05, 0.1) is 11.0 Å². The van der Waals surface area contributed by atoms with Gasteiger partial charge < -0.3 is 0 Å². The lowest BCUT2D eigenvalue weighted by Gasteiger charge is -1.93. The van der Waals surface area contributed by atoms with Crippen LogP contribution in [0, 0.1) is 6.92 Å². The van der Waals surface area contributed by atoms with E-state index in [0.717, 1.165) is 11.0 Å². The molecule has 0 amide bonds. The molecule has 1 aromatic carbocycles. The Balaban J connectivity index is 2.94. The lowest BCUT2D eigenvalue weighted by molar-refractivity contribution is 1.28. The van der Waals surface area contributed by atoms with Crippen LogP contribution < -0.4 is 0 Å². The van der Waals surface area contributed by atoms with Crippen molar-refractivity contribution in [3.05, 3.63) is 30.1 Å². The summed E-state index contributed by atoms with van der Waals surface area (Å²) in [6, 6.07) is 6.05. The standard InChI is InChI=1S/C8H8N2S/c1-6-3-2-4-7-8(6)9-5-10(7)11/h2-5,11H,1H3. The zero-order valence-corrected chi connectivity index (χ0v) is 7.05. The number of para-hydroxylation sites is 1. The van der Waals surface area contributed by atoms with E-state index in [9.17, 15) is 0 Å². The number of thiol groups is 1. The minimum atomic E-state index is 1.03. The van der Waals surface area contributed by atoms with Gasteiger partial charge in [-0.3, -0.25) is 3.97 Å². The van der Waals surface area contributed by atoms with Crippen LogP contribution in [0.1, 0.15) is 5.56 Å². The topological polar surface area (TPSA) is 17.8 Å². The lowest BCUT2D eigenvalue weighted by Crippen LogP contribution is -1.77. The maximum Gasteiger partial charge on any atom is 0.106 e. The first-order chi connectivity index (χ1) is 5.29. The smallest absolute Gasteiger partial charge is 0.106 e. The molecule has 0 fully saturated rings. The second-order valence-corrected chi connectivity index (χ2v) is 2.96. The second-order valence-electron chi connectivity index (χ2n) is 2.53. The molecule has 0 unspecified atom stereocenters. The Labute approximate surface area is 70.4 Å². The van der Waals surface area contributed by atoms with E-state index in [0.29, 0.717) is 0 Å². The molecule has 0 aliphatic rings. The van der Waals surface area contributed by atoms with Gasteiger partial charge in [-0.05, 0) is 18.6 Å². The number of aromatic nitrogens is 2. The predicted octanol–water partition coefficient (Wildman–Crippen LogP) is 2.04. The maximum absolute atomic E-state index is 4.20. The fraction of sp³-hybridized carbons (Fsp3) is 0.125. The fourth-order valence-electron chi connectivity index (χ4n) is 1.17. The van der Waals surface area contributed by atoms with Crippen molar-refractivity contribution in [3.63, 3.8) is 0 Å². The quantitative estimate of drug-likeness (QED) is 0.590. The molecule has 56 valence electrons. The highest BCUT2D eigenvalue weighted by molar-refractivity contribution is 7.78.